The van der Waals surface area contributed by atoms with E-state index in [2.05, 4.69) is 0 Å². The number of nitrogens with zero attached hydrogens (tertiary/aromatic N) is 1. The Balaban J connectivity index is 0.00000196. The molecular formula is C11H16NO2W-. The van der Waals surface area contributed by atoms with E-state index in [4.69, 9.17) is 0 Å². The Kier molecular flexibility index (Phi) is 7.58. The van der Waals surface area contributed by atoms with Gasteiger partial charge in [-0.1, -0.05) is 6.08 Å². The smallest absolute Gasteiger partial charge is 0.152 e. The topological polar surface area (TPSA) is 37.4 Å². The molecule has 0 aliphatic carbocycles. The number of likely N-dealkylation sites (tertiary alicyclic amines) is 1. The number of carbonyl (C=O) groups excluding carboxylic acids is 2. The van der Waals surface area contributed by atoms with Crippen LogP contribution in [0.25, 0.3) is 0 Å². The Bertz CT molecular complexity index is 233. The van der Waals surface area contributed by atoms with Crippen molar-refractivity contribution in [3.05, 3.63) is 12.2 Å². The van der Waals surface area contributed by atoms with Crippen molar-refractivity contribution < 1.29 is 30.7 Å². The van der Waals surface area contributed by atoms with Crippen LogP contribution in [0.1, 0.15) is 26.2 Å². The molecule has 0 N–H and O–H groups in total. The first kappa shape index (κ1) is 14.6. The second-order valence-corrected chi connectivity index (χ2v) is 3.77. The molecule has 84 valence electrons. The van der Waals surface area contributed by atoms with Crippen LogP contribution in [0, 0.1) is 5.92 Å². The van der Waals surface area contributed by atoms with Gasteiger partial charge in [-0.3, -0.25) is 4.79 Å². The predicted octanol–water partition coefficient (Wildman–Crippen LogP) is 1.30. The molecule has 0 bridgehead atoms. The van der Waals surface area contributed by atoms with E-state index in [1.807, 2.05) is 12.5 Å². The van der Waals surface area contributed by atoms with E-state index in [0.29, 0.717) is 5.92 Å². The molecule has 1 aliphatic rings. The van der Waals surface area contributed by atoms with Crippen LogP contribution in [0.5, 0.6) is 0 Å². The molecule has 0 radical (unpaired) electrons. The van der Waals surface area contributed by atoms with Gasteiger partial charge in [-0.05, 0) is 51.3 Å². The summed E-state index contributed by atoms with van der Waals surface area (Å²) in [6.45, 7) is 3.17. The van der Waals surface area contributed by atoms with E-state index in [0.717, 1.165) is 32.4 Å². The van der Waals surface area contributed by atoms with Crippen molar-refractivity contribution in [3.63, 3.8) is 0 Å². The zero-order valence-electron chi connectivity index (χ0n) is 8.94. The van der Waals surface area contributed by atoms with Gasteiger partial charge >= 0.3 is 0 Å². The average molecular weight is 378 g/mol. The molecule has 1 aliphatic heterocycles. The van der Waals surface area contributed by atoms with Gasteiger partial charge in [-0.2, -0.15) is 6.41 Å². The number of carbonyl (C=O) groups is 1. The van der Waals surface area contributed by atoms with Crippen molar-refractivity contribution in [3.8, 4) is 0 Å². The molecular weight excluding hydrogens is 362 g/mol. The Hall–Kier alpha value is -0.432. The zero-order chi connectivity index (χ0) is 10.4. The van der Waals surface area contributed by atoms with E-state index in [9.17, 15) is 9.59 Å². The number of rotatable bonds is 4. The molecule has 1 rings (SSSR count). The number of hydrogen-bond donors (Lipinski definition) is 0. The summed E-state index contributed by atoms with van der Waals surface area (Å²) < 4.78 is 0. The van der Waals surface area contributed by atoms with Crippen molar-refractivity contribution >= 4 is 12.2 Å². The van der Waals surface area contributed by atoms with Gasteiger partial charge in [0, 0.05) is 21.1 Å². The fourth-order valence-electron chi connectivity index (χ4n) is 1.69. The number of piperidine rings is 1. The normalized spacial score (nSPS) is 17.5. The zero-order valence-corrected chi connectivity index (χ0v) is 11.9. The average Bonchev–Trinajstić information content (AvgIpc) is 2.18. The molecule has 0 saturated carbocycles. The second kappa shape index (κ2) is 7.81. The summed E-state index contributed by atoms with van der Waals surface area (Å²) in [5.41, 5.74) is 0. The fraction of sp³-hybridized carbons (Fsp3) is 0.636. The van der Waals surface area contributed by atoms with Crippen LogP contribution in [0.2, 0.25) is 0 Å². The van der Waals surface area contributed by atoms with Crippen molar-refractivity contribution in [1.82, 2.24) is 4.90 Å². The van der Waals surface area contributed by atoms with Crippen molar-refractivity contribution in [2.75, 3.05) is 13.1 Å². The van der Waals surface area contributed by atoms with Gasteiger partial charge in [-0.15, -0.1) is 0 Å². The maximum absolute atomic E-state index is 10.6. The van der Waals surface area contributed by atoms with Gasteiger partial charge in [0.1, 0.15) is 0 Å². The van der Waals surface area contributed by atoms with Crippen LogP contribution in [0.4, 0.5) is 0 Å². The molecule has 4 heteroatoms. The van der Waals surface area contributed by atoms with Crippen LogP contribution >= 0.6 is 0 Å². The SMILES string of the molecule is CC(=O)/C=C/CC1CCN([C-]=O)CC1.[W]. The summed E-state index contributed by atoms with van der Waals surface area (Å²) in [6, 6.07) is 0. The number of amides is 1. The molecule has 0 atom stereocenters. The third-order valence-corrected chi connectivity index (χ3v) is 2.57. The summed E-state index contributed by atoms with van der Waals surface area (Å²) in [5, 5.41) is 0. The molecule has 0 aromatic carbocycles. The Morgan fingerprint density at radius 3 is 2.53 bits per heavy atom. The first-order valence-electron chi connectivity index (χ1n) is 5.02. The Labute approximate surface area is 105 Å². The van der Waals surface area contributed by atoms with Gasteiger partial charge in [0.05, 0.1) is 0 Å². The Morgan fingerprint density at radius 2 is 2.07 bits per heavy atom. The third kappa shape index (κ3) is 5.88. The first-order valence-corrected chi connectivity index (χ1v) is 5.02. The Morgan fingerprint density at radius 1 is 1.47 bits per heavy atom. The van der Waals surface area contributed by atoms with Crippen LogP contribution in [-0.2, 0) is 30.7 Å². The number of allylic oxidation sites excluding steroid dienone is 2. The van der Waals surface area contributed by atoms with Crippen LogP contribution in [0.15, 0.2) is 12.2 Å². The second-order valence-electron chi connectivity index (χ2n) is 3.77. The van der Waals surface area contributed by atoms with E-state index < -0.39 is 0 Å². The minimum absolute atomic E-state index is 0. The third-order valence-electron chi connectivity index (χ3n) is 2.57. The molecule has 15 heavy (non-hydrogen) atoms. The summed E-state index contributed by atoms with van der Waals surface area (Å²) in [6.07, 6.45) is 8.47. The van der Waals surface area contributed by atoms with Crippen LogP contribution < -0.4 is 0 Å². The van der Waals surface area contributed by atoms with Crippen molar-refractivity contribution in [2.45, 2.75) is 26.2 Å². The molecule has 0 spiro atoms. The molecule has 0 aromatic heterocycles. The summed E-state index contributed by atoms with van der Waals surface area (Å²) in [5.74, 6) is 0.721. The summed E-state index contributed by atoms with van der Waals surface area (Å²) in [7, 11) is 0. The monoisotopic (exact) mass is 378 g/mol. The van der Waals surface area contributed by atoms with E-state index in [-0.39, 0.29) is 26.8 Å². The van der Waals surface area contributed by atoms with E-state index in [1.165, 1.54) is 0 Å². The van der Waals surface area contributed by atoms with Gasteiger partial charge in [-0.25, -0.2) is 0 Å². The predicted molar refractivity (Wildman–Crippen MR) is 54.4 cm³/mol. The molecule has 0 aromatic rings. The van der Waals surface area contributed by atoms with Crippen molar-refractivity contribution in [2.24, 2.45) is 5.92 Å². The summed E-state index contributed by atoms with van der Waals surface area (Å²) >= 11 is 0. The maximum Gasteiger partial charge on any atom is 0.152 e. The number of ketones is 1. The molecule has 1 saturated heterocycles. The number of hydrogen-bond acceptors (Lipinski definition) is 2. The molecule has 1 amide bonds. The largest absolute Gasteiger partial charge is 0.520 e. The van der Waals surface area contributed by atoms with E-state index >= 15 is 0 Å². The molecule has 3 nitrogen and oxygen atoms in total. The standard InChI is InChI=1S/C11H16NO2.W/c1-10(14)3-2-4-11-5-7-12(9-13)8-6-11;/h2-3,11H,4-8H2,1H3;/q-1;/b3-2+;. The van der Waals surface area contributed by atoms with E-state index in [1.54, 1.807) is 17.9 Å². The molecule has 0 unspecified atom stereocenters. The quantitative estimate of drug-likeness (QED) is 0.547. The maximum atomic E-state index is 10.6. The van der Waals surface area contributed by atoms with Crippen molar-refractivity contribution in [1.29, 1.82) is 0 Å². The van der Waals surface area contributed by atoms with Crippen LogP contribution in [0.3, 0.4) is 0 Å². The van der Waals surface area contributed by atoms with Gasteiger partial charge in [0.15, 0.2) is 5.78 Å². The minimum atomic E-state index is 0. The van der Waals surface area contributed by atoms with Gasteiger partial charge in [0.25, 0.3) is 0 Å². The van der Waals surface area contributed by atoms with Gasteiger partial charge < -0.3 is 9.69 Å². The first-order chi connectivity index (χ1) is 6.72. The fourth-order valence-corrected chi connectivity index (χ4v) is 1.69. The van der Waals surface area contributed by atoms with Gasteiger partial charge in [0.2, 0.25) is 0 Å². The molecule has 1 heterocycles. The summed E-state index contributed by atoms with van der Waals surface area (Å²) in [4.78, 5) is 22.6. The molecule has 1 fully saturated rings. The minimum Gasteiger partial charge on any atom is -0.520 e. The van der Waals surface area contributed by atoms with Crippen LogP contribution in [-0.4, -0.2) is 30.2 Å².